The molecule has 0 saturated carbocycles. The molecule has 0 aliphatic carbocycles. The van der Waals surface area contributed by atoms with E-state index in [0.29, 0.717) is 30.1 Å². The van der Waals surface area contributed by atoms with Gasteiger partial charge in [0.1, 0.15) is 0 Å². The molecular formula is C17H26ClN3O2. The molecule has 0 radical (unpaired) electrons. The summed E-state index contributed by atoms with van der Waals surface area (Å²) in [4.78, 5) is 24.0. The van der Waals surface area contributed by atoms with E-state index in [1.165, 1.54) is 0 Å². The van der Waals surface area contributed by atoms with Gasteiger partial charge in [-0.2, -0.15) is 0 Å². The van der Waals surface area contributed by atoms with Gasteiger partial charge in [-0.1, -0.05) is 13.0 Å². The standard InChI is InChI=1S/C17H25N3O2.ClH/c1-2-8-19-17(22)14-4-3-5-15(12-14)20-16(21)11-13-6-9-18-10-7-13;/h3-5,12-13,18H,2,6-11H2,1H3,(H,19,22)(H,20,21);1H. The van der Waals surface area contributed by atoms with E-state index < -0.39 is 0 Å². The van der Waals surface area contributed by atoms with Crippen LogP contribution in [0.15, 0.2) is 24.3 Å². The fourth-order valence-corrected chi connectivity index (χ4v) is 2.64. The minimum Gasteiger partial charge on any atom is -0.352 e. The van der Waals surface area contributed by atoms with Gasteiger partial charge in [0.15, 0.2) is 0 Å². The summed E-state index contributed by atoms with van der Waals surface area (Å²) in [7, 11) is 0. The van der Waals surface area contributed by atoms with Crippen LogP contribution in [-0.2, 0) is 4.79 Å². The van der Waals surface area contributed by atoms with Crippen LogP contribution in [0.2, 0.25) is 0 Å². The Bertz CT molecular complexity index is 516. The summed E-state index contributed by atoms with van der Waals surface area (Å²) in [5.41, 5.74) is 1.26. The number of carbonyl (C=O) groups excluding carboxylic acids is 2. The summed E-state index contributed by atoms with van der Waals surface area (Å²) < 4.78 is 0. The lowest BCUT2D eigenvalue weighted by Crippen LogP contribution is -2.30. The van der Waals surface area contributed by atoms with E-state index in [9.17, 15) is 9.59 Å². The van der Waals surface area contributed by atoms with Gasteiger partial charge in [0.2, 0.25) is 5.91 Å². The van der Waals surface area contributed by atoms with Crippen LogP contribution in [-0.4, -0.2) is 31.4 Å². The quantitative estimate of drug-likeness (QED) is 0.746. The molecule has 23 heavy (non-hydrogen) atoms. The molecule has 0 aromatic heterocycles. The molecular weight excluding hydrogens is 314 g/mol. The number of anilines is 1. The van der Waals surface area contributed by atoms with Crippen molar-refractivity contribution in [2.24, 2.45) is 5.92 Å². The molecule has 1 fully saturated rings. The SMILES string of the molecule is CCCNC(=O)c1cccc(NC(=O)CC2CCNCC2)c1.Cl. The van der Waals surface area contributed by atoms with Crippen molar-refractivity contribution in [1.82, 2.24) is 10.6 Å². The van der Waals surface area contributed by atoms with Crippen molar-refractivity contribution < 1.29 is 9.59 Å². The maximum atomic E-state index is 12.1. The number of hydrogen-bond donors (Lipinski definition) is 3. The van der Waals surface area contributed by atoms with Crippen LogP contribution in [0.1, 0.15) is 43.0 Å². The van der Waals surface area contributed by atoms with Crippen molar-refractivity contribution in [2.45, 2.75) is 32.6 Å². The molecule has 1 aromatic rings. The summed E-state index contributed by atoms with van der Waals surface area (Å²) in [5.74, 6) is 0.381. The molecule has 1 heterocycles. The first-order valence-corrected chi connectivity index (χ1v) is 8.08. The van der Waals surface area contributed by atoms with Crippen LogP contribution in [0, 0.1) is 5.92 Å². The highest BCUT2D eigenvalue weighted by Gasteiger charge is 2.17. The largest absolute Gasteiger partial charge is 0.352 e. The number of amides is 2. The van der Waals surface area contributed by atoms with Crippen LogP contribution in [0.5, 0.6) is 0 Å². The lowest BCUT2D eigenvalue weighted by Gasteiger charge is -2.21. The van der Waals surface area contributed by atoms with Crippen LogP contribution in [0.4, 0.5) is 5.69 Å². The summed E-state index contributed by atoms with van der Waals surface area (Å²) in [6, 6.07) is 7.09. The summed E-state index contributed by atoms with van der Waals surface area (Å²) in [6.07, 6.45) is 3.55. The molecule has 2 amide bonds. The van der Waals surface area contributed by atoms with Crippen molar-refractivity contribution in [3.8, 4) is 0 Å². The molecule has 0 atom stereocenters. The third-order valence-electron chi connectivity index (χ3n) is 3.88. The van der Waals surface area contributed by atoms with E-state index in [4.69, 9.17) is 0 Å². The van der Waals surface area contributed by atoms with E-state index in [2.05, 4.69) is 16.0 Å². The van der Waals surface area contributed by atoms with Crippen LogP contribution >= 0.6 is 12.4 Å². The van der Waals surface area contributed by atoms with E-state index in [0.717, 1.165) is 32.4 Å². The Morgan fingerprint density at radius 3 is 2.70 bits per heavy atom. The molecule has 3 N–H and O–H groups in total. The first-order valence-electron chi connectivity index (χ1n) is 8.08. The minimum absolute atomic E-state index is 0. The van der Waals surface area contributed by atoms with Gasteiger partial charge in [-0.05, 0) is 56.5 Å². The second-order valence-electron chi connectivity index (χ2n) is 5.78. The topological polar surface area (TPSA) is 70.2 Å². The lowest BCUT2D eigenvalue weighted by molar-refractivity contribution is -0.117. The number of benzene rings is 1. The van der Waals surface area contributed by atoms with E-state index >= 15 is 0 Å². The molecule has 1 aliphatic rings. The van der Waals surface area contributed by atoms with Gasteiger partial charge >= 0.3 is 0 Å². The van der Waals surface area contributed by atoms with E-state index in [1.807, 2.05) is 13.0 Å². The number of carbonyl (C=O) groups is 2. The fourth-order valence-electron chi connectivity index (χ4n) is 2.64. The molecule has 128 valence electrons. The second-order valence-corrected chi connectivity index (χ2v) is 5.78. The Labute approximate surface area is 144 Å². The van der Waals surface area contributed by atoms with Gasteiger partial charge in [0.25, 0.3) is 5.91 Å². The summed E-state index contributed by atoms with van der Waals surface area (Å²) >= 11 is 0. The van der Waals surface area contributed by atoms with Crippen molar-refractivity contribution in [2.75, 3.05) is 25.0 Å². The molecule has 0 bridgehead atoms. The van der Waals surface area contributed by atoms with Crippen molar-refractivity contribution in [3.05, 3.63) is 29.8 Å². The van der Waals surface area contributed by atoms with Crippen molar-refractivity contribution >= 4 is 29.9 Å². The summed E-state index contributed by atoms with van der Waals surface area (Å²) in [6.45, 7) is 4.65. The summed E-state index contributed by atoms with van der Waals surface area (Å²) in [5, 5.41) is 9.04. The second kappa shape index (κ2) is 10.2. The number of hydrogen-bond acceptors (Lipinski definition) is 3. The highest BCUT2D eigenvalue weighted by atomic mass is 35.5. The van der Waals surface area contributed by atoms with Gasteiger partial charge < -0.3 is 16.0 Å². The monoisotopic (exact) mass is 339 g/mol. The highest BCUT2D eigenvalue weighted by molar-refractivity contribution is 5.97. The highest BCUT2D eigenvalue weighted by Crippen LogP contribution is 2.17. The number of piperidine rings is 1. The Hall–Kier alpha value is -1.59. The van der Waals surface area contributed by atoms with Gasteiger partial charge in [0, 0.05) is 24.2 Å². The maximum absolute atomic E-state index is 12.1. The molecule has 1 aliphatic heterocycles. The van der Waals surface area contributed by atoms with Gasteiger partial charge in [-0.25, -0.2) is 0 Å². The van der Waals surface area contributed by atoms with Gasteiger partial charge in [0.05, 0.1) is 0 Å². The average Bonchev–Trinajstić information content (AvgIpc) is 2.53. The zero-order valence-electron chi connectivity index (χ0n) is 13.6. The van der Waals surface area contributed by atoms with Crippen LogP contribution in [0.25, 0.3) is 0 Å². The molecule has 0 unspecified atom stereocenters. The molecule has 0 spiro atoms. The first-order chi connectivity index (χ1) is 10.7. The predicted molar refractivity (Wildman–Crippen MR) is 95.2 cm³/mol. The molecule has 2 rings (SSSR count). The Kier molecular flexibility index (Phi) is 8.66. The third kappa shape index (κ3) is 6.59. The van der Waals surface area contributed by atoms with E-state index in [1.54, 1.807) is 18.2 Å². The minimum atomic E-state index is -0.101. The Balaban J connectivity index is 0.00000264. The van der Waals surface area contributed by atoms with Crippen molar-refractivity contribution in [3.63, 3.8) is 0 Å². The van der Waals surface area contributed by atoms with Crippen LogP contribution in [0.3, 0.4) is 0 Å². The predicted octanol–water partition coefficient (Wildman–Crippen LogP) is 2.58. The Morgan fingerprint density at radius 1 is 1.26 bits per heavy atom. The van der Waals surface area contributed by atoms with Crippen molar-refractivity contribution in [1.29, 1.82) is 0 Å². The Morgan fingerprint density at radius 2 is 2.00 bits per heavy atom. The van der Waals surface area contributed by atoms with Gasteiger partial charge in [-0.3, -0.25) is 9.59 Å². The number of nitrogens with one attached hydrogen (secondary N) is 3. The average molecular weight is 340 g/mol. The van der Waals surface area contributed by atoms with Crippen LogP contribution < -0.4 is 16.0 Å². The normalized spacial score (nSPS) is 14.7. The maximum Gasteiger partial charge on any atom is 0.251 e. The number of halogens is 1. The number of rotatable bonds is 6. The molecule has 1 aromatic carbocycles. The van der Waals surface area contributed by atoms with Gasteiger partial charge in [-0.15, -0.1) is 12.4 Å². The molecule has 5 nitrogen and oxygen atoms in total. The molecule has 6 heteroatoms. The zero-order chi connectivity index (χ0) is 15.8. The third-order valence-corrected chi connectivity index (χ3v) is 3.88. The lowest BCUT2D eigenvalue weighted by atomic mass is 9.94. The zero-order valence-corrected chi connectivity index (χ0v) is 14.4. The fraction of sp³-hybridized carbons (Fsp3) is 0.529. The molecule has 1 saturated heterocycles. The van der Waals surface area contributed by atoms with E-state index in [-0.39, 0.29) is 24.2 Å². The smallest absolute Gasteiger partial charge is 0.251 e. The first kappa shape index (κ1) is 19.5.